The molecule has 0 bridgehead atoms. The molecule has 1 fully saturated rings. The highest BCUT2D eigenvalue weighted by atomic mass is 19.4. The molecule has 0 saturated heterocycles. The Kier molecular flexibility index (Phi) is 7.62. The van der Waals surface area contributed by atoms with Gasteiger partial charge in [0.05, 0.1) is 12.1 Å². The summed E-state index contributed by atoms with van der Waals surface area (Å²) in [5, 5.41) is 0. The van der Waals surface area contributed by atoms with E-state index in [2.05, 4.69) is 6.92 Å². The summed E-state index contributed by atoms with van der Waals surface area (Å²) in [4.78, 5) is 15.1. The Morgan fingerprint density at radius 1 is 1.13 bits per heavy atom. The zero-order valence-corrected chi connectivity index (χ0v) is 17.6. The molecule has 1 heterocycles. The summed E-state index contributed by atoms with van der Waals surface area (Å²) in [5.74, 6) is 0.345. The maximum Gasteiger partial charge on any atom is 0.416 e. The van der Waals surface area contributed by atoms with Crippen LogP contribution in [0, 0.1) is 5.92 Å². The van der Waals surface area contributed by atoms with Crippen molar-refractivity contribution in [3.63, 3.8) is 0 Å². The van der Waals surface area contributed by atoms with E-state index in [-0.39, 0.29) is 11.8 Å². The summed E-state index contributed by atoms with van der Waals surface area (Å²) in [6.07, 6.45) is 4.86. The average Bonchev–Trinajstić information content (AvgIpc) is 3.17. The van der Waals surface area contributed by atoms with Gasteiger partial charge in [-0.3, -0.25) is 4.79 Å². The Hall–Kier alpha value is -2.24. The SMILES string of the molecule is CCCCN(Cc1cccn1Cc1cccc(C(F)(F)F)c1)C(=O)C1CCCCC1. The predicted octanol–water partition coefficient (Wildman–Crippen LogP) is 6.26. The van der Waals surface area contributed by atoms with Crippen LogP contribution in [0.5, 0.6) is 0 Å². The van der Waals surface area contributed by atoms with Crippen molar-refractivity contribution in [1.29, 1.82) is 0 Å². The minimum Gasteiger partial charge on any atom is -0.345 e. The van der Waals surface area contributed by atoms with E-state index in [1.807, 2.05) is 27.8 Å². The molecule has 3 nitrogen and oxygen atoms in total. The fourth-order valence-corrected chi connectivity index (χ4v) is 4.21. The van der Waals surface area contributed by atoms with Crippen LogP contribution in [0.15, 0.2) is 42.6 Å². The lowest BCUT2D eigenvalue weighted by molar-refractivity contribution is -0.138. The molecular formula is C24H31F3N2O. The standard InChI is InChI=1S/C24H31F3N2O/c1-2-3-14-29(23(30)20-10-5-4-6-11-20)18-22-13-8-15-28(22)17-19-9-7-12-21(16-19)24(25,26)27/h7-9,12-13,15-16,20H,2-6,10-11,14,17-18H2,1H3. The zero-order chi connectivity index (χ0) is 21.6. The van der Waals surface area contributed by atoms with Gasteiger partial charge in [-0.1, -0.05) is 44.7 Å². The van der Waals surface area contributed by atoms with Gasteiger partial charge in [0.1, 0.15) is 0 Å². The number of benzene rings is 1. The van der Waals surface area contributed by atoms with Gasteiger partial charge in [0.15, 0.2) is 0 Å². The van der Waals surface area contributed by atoms with Gasteiger partial charge < -0.3 is 9.47 Å². The second-order valence-corrected chi connectivity index (χ2v) is 8.27. The summed E-state index contributed by atoms with van der Waals surface area (Å²) < 4.78 is 41.0. The summed E-state index contributed by atoms with van der Waals surface area (Å²) in [5.41, 5.74) is 0.916. The second-order valence-electron chi connectivity index (χ2n) is 8.27. The fraction of sp³-hybridized carbons (Fsp3) is 0.542. The molecule has 164 valence electrons. The normalized spacial score (nSPS) is 15.3. The molecule has 1 aromatic carbocycles. The van der Waals surface area contributed by atoms with Gasteiger partial charge in [-0.05, 0) is 49.1 Å². The van der Waals surface area contributed by atoms with Crippen LogP contribution in [0.2, 0.25) is 0 Å². The third-order valence-corrected chi connectivity index (χ3v) is 5.93. The van der Waals surface area contributed by atoms with Crippen molar-refractivity contribution < 1.29 is 18.0 Å². The number of unbranched alkanes of at least 4 members (excludes halogenated alkanes) is 1. The van der Waals surface area contributed by atoms with Gasteiger partial charge in [-0.25, -0.2) is 0 Å². The third-order valence-electron chi connectivity index (χ3n) is 5.93. The van der Waals surface area contributed by atoms with E-state index in [0.717, 1.165) is 56.8 Å². The molecule has 0 atom stereocenters. The lowest BCUT2D eigenvalue weighted by Crippen LogP contribution is -2.37. The van der Waals surface area contributed by atoms with Crippen LogP contribution in [-0.2, 0) is 24.1 Å². The molecule has 6 heteroatoms. The summed E-state index contributed by atoms with van der Waals surface area (Å²) >= 11 is 0. The van der Waals surface area contributed by atoms with Crippen molar-refractivity contribution in [1.82, 2.24) is 9.47 Å². The Morgan fingerprint density at radius 3 is 2.60 bits per heavy atom. The zero-order valence-electron chi connectivity index (χ0n) is 17.6. The topological polar surface area (TPSA) is 25.2 Å². The molecule has 0 aliphatic heterocycles. The first-order valence-electron chi connectivity index (χ1n) is 11.0. The summed E-state index contributed by atoms with van der Waals surface area (Å²) in [7, 11) is 0. The molecule has 1 aromatic heterocycles. The maximum absolute atomic E-state index is 13.1. The van der Waals surface area contributed by atoms with Crippen molar-refractivity contribution in [3.05, 3.63) is 59.4 Å². The van der Waals surface area contributed by atoms with Gasteiger partial charge in [0.2, 0.25) is 5.91 Å². The predicted molar refractivity (Wildman–Crippen MR) is 112 cm³/mol. The molecular weight excluding hydrogens is 389 g/mol. The van der Waals surface area contributed by atoms with Crippen molar-refractivity contribution in [3.8, 4) is 0 Å². The van der Waals surface area contributed by atoms with E-state index in [1.165, 1.54) is 18.6 Å². The maximum atomic E-state index is 13.1. The average molecular weight is 421 g/mol. The lowest BCUT2D eigenvalue weighted by atomic mass is 9.88. The number of hydrogen-bond acceptors (Lipinski definition) is 1. The Morgan fingerprint density at radius 2 is 1.90 bits per heavy atom. The first-order chi connectivity index (χ1) is 14.4. The smallest absolute Gasteiger partial charge is 0.345 e. The van der Waals surface area contributed by atoms with Crippen molar-refractivity contribution in [2.45, 2.75) is 71.1 Å². The number of amides is 1. The molecule has 0 spiro atoms. The Bertz CT molecular complexity index is 822. The van der Waals surface area contributed by atoms with Crippen LogP contribution >= 0.6 is 0 Å². The largest absolute Gasteiger partial charge is 0.416 e. The van der Waals surface area contributed by atoms with Gasteiger partial charge in [0, 0.05) is 30.9 Å². The number of rotatable bonds is 8. The van der Waals surface area contributed by atoms with Crippen molar-refractivity contribution >= 4 is 5.91 Å². The van der Waals surface area contributed by atoms with E-state index in [1.54, 1.807) is 6.07 Å². The number of halogens is 3. The van der Waals surface area contributed by atoms with Crippen LogP contribution in [0.25, 0.3) is 0 Å². The third kappa shape index (κ3) is 5.89. The minimum atomic E-state index is -4.35. The Balaban J connectivity index is 1.74. The van der Waals surface area contributed by atoms with Crippen molar-refractivity contribution in [2.24, 2.45) is 5.92 Å². The number of alkyl halides is 3. The van der Waals surface area contributed by atoms with Crippen LogP contribution < -0.4 is 0 Å². The van der Waals surface area contributed by atoms with Crippen LogP contribution in [0.3, 0.4) is 0 Å². The lowest BCUT2D eigenvalue weighted by Gasteiger charge is -2.30. The van der Waals surface area contributed by atoms with Gasteiger partial charge in [-0.15, -0.1) is 0 Å². The highest BCUT2D eigenvalue weighted by Crippen LogP contribution is 2.30. The van der Waals surface area contributed by atoms with Crippen LogP contribution in [0.1, 0.15) is 68.7 Å². The molecule has 1 saturated carbocycles. The molecule has 1 amide bonds. The van der Waals surface area contributed by atoms with E-state index >= 15 is 0 Å². The van der Waals surface area contributed by atoms with E-state index in [4.69, 9.17) is 0 Å². The molecule has 0 N–H and O–H groups in total. The first kappa shape index (κ1) is 22.4. The van der Waals surface area contributed by atoms with Crippen molar-refractivity contribution in [2.75, 3.05) is 6.54 Å². The number of carbonyl (C=O) groups excluding carboxylic acids is 1. The fourth-order valence-electron chi connectivity index (χ4n) is 4.21. The van der Waals surface area contributed by atoms with Crippen LogP contribution in [-0.4, -0.2) is 21.9 Å². The molecule has 1 aliphatic rings. The molecule has 1 aliphatic carbocycles. The van der Waals surface area contributed by atoms with Gasteiger partial charge in [-0.2, -0.15) is 13.2 Å². The second kappa shape index (κ2) is 10.2. The molecule has 30 heavy (non-hydrogen) atoms. The number of nitrogens with zero attached hydrogens (tertiary/aromatic N) is 2. The van der Waals surface area contributed by atoms with Gasteiger partial charge >= 0.3 is 6.18 Å². The molecule has 3 rings (SSSR count). The summed E-state index contributed by atoms with van der Waals surface area (Å²) in [6.45, 7) is 3.69. The molecule has 0 radical (unpaired) electrons. The highest BCUT2D eigenvalue weighted by Gasteiger charge is 2.30. The molecule has 0 unspecified atom stereocenters. The van der Waals surface area contributed by atoms with Crippen LogP contribution in [0.4, 0.5) is 13.2 Å². The number of carbonyl (C=O) groups is 1. The number of aromatic nitrogens is 1. The van der Waals surface area contributed by atoms with E-state index in [9.17, 15) is 18.0 Å². The quantitative estimate of drug-likeness (QED) is 0.494. The van der Waals surface area contributed by atoms with E-state index in [0.29, 0.717) is 18.7 Å². The number of hydrogen-bond donors (Lipinski definition) is 0. The monoisotopic (exact) mass is 420 g/mol. The highest BCUT2D eigenvalue weighted by molar-refractivity contribution is 5.78. The van der Waals surface area contributed by atoms with E-state index < -0.39 is 11.7 Å². The summed E-state index contributed by atoms with van der Waals surface area (Å²) in [6, 6.07) is 9.30. The van der Waals surface area contributed by atoms with Gasteiger partial charge in [0.25, 0.3) is 0 Å². The first-order valence-corrected chi connectivity index (χ1v) is 11.0. The minimum absolute atomic E-state index is 0.113. The molecule has 2 aromatic rings. The Labute approximate surface area is 176 Å².